The Bertz CT molecular complexity index is 1600. The van der Waals surface area contributed by atoms with Crippen LogP contribution in [-0.4, -0.2) is 64.6 Å². The van der Waals surface area contributed by atoms with E-state index < -0.39 is 30.2 Å². The van der Waals surface area contributed by atoms with E-state index in [1.165, 1.54) is 39.9 Å². The molecule has 0 fully saturated rings. The lowest BCUT2D eigenvalue weighted by Crippen LogP contribution is -2.61. The Kier molecular flexibility index (Phi) is 7.03. The fourth-order valence-electron chi connectivity index (χ4n) is 6.60. The van der Waals surface area contributed by atoms with Crippen molar-refractivity contribution in [3.05, 3.63) is 59.9 Å². The summed E-state index contributed by atoms with van der Waals surface area (Å²) in [7, 11) is -3.65. The van der Waals surface area contributed by atoms with Crippen LogP contribution in [0.2, 0.25) is 16.6 Å². The number of carbonyl (C=O) groups excluding carboxylic acids is 1. The van der Waals surface area contributed by atoms with E-state index in [0.29, 0.717) is 27.9 Å². The maximum Gasteiger partial charge on any atom is 0.308 e. The lowest BCUT2D eigenvalue weighted by molar-refractivity contribution is 0.0663. The summed E-state index contributed by atoms with van der Waals surface area (Å²) in [5.41, 5.74) is 3.22. The Balaban J connectivity index is 1.85. The molecule has 11 nitrogen and oxygen atoms in total. The van der Waals surface area contributed by atoms with Crippen molar-refractivity contribution in [1.82, 2.24) is 28.1 Å². The number of hydrogen-bond donors (Lipinski definition) is 0. The summed E-state index contributed by atoms with van der Waals surface area (Å²) >= 11 is 0. The highest BCUT2D eigenvalue weighted by atomic mass is 32.2. The van der Waals surface area contributed by atoms with Crippen molar-refractivity contribution in [2.45, 2.75) is 70.8 Å². The van der Waals surface area contributed by atoms with Crippen LogP contribution in [0.3, 0.4) is 0 Å². The molecule has 1 unspecified atom stereocenters. The molecular weight excluding hydrogens is 548 g/mol. The van der Waals surface area contributed by atoms with Gasteiger partial charge in [-0.15, -0.1) is 0 Å². The van der Waals surface area contributed by atoms with Gasteiger partial charge in [0.1, 0.15) is 19.0 Å². The predicted octanol–water partition coefficient (Wildman–Crippen LogP) is 4.30. The summed E-state index contributed by atoms with van der Waals surface area (Å²) in [6.45, 7) is 13.0. The van der Waals surface area contributed by atoms with E-state index >= 15 is 0 Å². The van der Waals surface area contributed by atoms with Gasteiger partial charge in [-0.3, -0.25) is 4.79 Å². The summed E-state index contributed by atoms with van der Waals surface area (Å²) in [5.74, 6) is -0.220. The minimum absolute atomic E-state index is 0.0313. The van der Waals surface area contributed by atoms with Gasteiger partial charge in [-0.1, -0.05) is 53.7 Å². The van der Waals surface area contributed by atoms with E-state index in [-0.39, 0.29) is 34.8 Å². The van der Waals surface area contributed by atoms with Crippen LogP contribution in [0.5, 0.6) is 0 Å². The third-order valence-electron chi connectivity index (χ3n) is 8.23. The van der Waals surface area contributed by atoms with Crippen molar-refractivity contribution in [3.8, 4) is 0 Å². The standard InChI is InChI=1S/C27H36N6O5SSi/c1-16(2)40(17(3)4,18(5)6)27-30-20-14-32(26(34)22-13-28-15-37-22)24(23(20)33(27)39(35,36)31(7)8)25-29-19-11-9-10-12-21(19)38-25/h9-13,15-18,24H,14H2,1-8H3. The van der Waals surface area contributed by atoms with Gasteiger partial charge in [0.25, 0.3) is 5.91 Å². The smallest absolute Gasteiger partial charge is 0.308 e. The molecule has 40 heavy (non-hydrogen) atoms. The maximum absolute atomic E-state index is 14.2. The quantitative estimate of drug-likeness (QED) is 0.281. The zero-order chi connectivity index (χ0) is 29.1. The molecule has 1 atom stereocenters. The molecule has 0 radical (unpaired) electrons. The highest BCUT2D eigenvalue weighted by molar-refractivity contribution is 7.87. The normalized spacial score (nSPS) is 16.3. The topological polar surface area (TPSA) is 128 Å². The monoisotopic (exact) mass is 584 g/mol. The number of rotatable bonds is 8. The van der Waals surface area contributed by atoms with Crippen LogP contribution < -0.4 is 5.45 Å². The number of amides is 1. The molecule has 13 heteroatoms. The number of carbonyl (C=O) groups is 1. The molecule has 1 aliphatic rings. The first-order valence-corrected chi connectivity index (χ1v) is 17.1. The van der Waals surface area contributed by atoms with Crippen LogP contribution in [0, 0.1) is 0 Å². The SMILES string of the molecule is CC(C)[Si](c1nc2c(n1S(=O)(=O)N(C)C)C(c1nc3ccccc3o1)N(C(=O)c1cnco1)C2)(C(C)C)C(C)C. The van der Waals surface area contributed by atoms with E-state index in [4.69, 9.17) is 18.8 Å². The molecule has 4 aromatic rings. The van der Waals surface area contributed by atoms with Crippen LogP contribution >= 0.6 is 0 Å². The molecule has 214 valence electrons. The first-order chi connectivity index (χ1) is 18.8. The Hall–Kier alpha value is -3.29. The van der Waals surface area contributed by atoms with Gasteiger partial charge in [0.2, 0.25) is 11.7 Å². The minimum Gasteiger partial charge on any atom is -0.438 e. The fraction of sp³-hybridized carbons (Fsp3) is 0.481. The molecule has 1 amide bonds. The summed E-state index contributed by atoms with van der Waals surface area (Å²) in [6.07, 6.45) is 2.53. The number of fused-ring (bicyclic) bond motifs is 2. The van der Waals surface area contributed by atoms with Gasteiger partial charge >= 0.3 is 10.2 Å². The molecule has 0 saturated heterocycles. The van der Waals surface area contributed by atoms with E-state index in [2.05, 4.69) is 46.5 Å². The van der Waals surface area contributed by atoms with Gasteiger partial charge in [-0.25, -0.2) is 18.9 Å². The van der Waals surface area contributed by atoms with Crippen molar-refractivity contribution < 1.29 is 22.0 Å². The first kappa shape index (κ1) is 28.2. The van der Waals surface area contributed by atoms with Crippen molar-refractivity contribution >= 4 is 40.7 Å². The van der Waals surface area contributed by atoms with Crippen LogP contribution in [0.15, 0.2) is 45.7 Å². The highest BCUT2D eigenvalue weighted by Gasteiger charge is 2.54. The largest absolute Gasteiger partial charge is 0.438 e. The molecule has 1 aromatic carbocycles. The molecular formula is C27H36N6O5SSi. The van der Waals surface area contributed by atoms with Gasteiger partial charge < -0.3 is 13.7 Å². The lowest BCUT2D eigenvalue weighted by atomic mass is 10.2. The Labute approximate surface area is 235 Å². The van der Waals surface area contributed by atoms with E-state index in [1.807, 2.05) is 18.2 Å². The van der Waals surface area contributed by atoms with Gasteiger partial charge in [-0.05, 0) is 28.8 Å². The predicted molar refractivity (Wildman–Crippen MR) is 153 cm³/mol. The second-order valence-electron chi connectivity index (χ2n) is 11.4. The zero-order valence-electron chi connectivity index (χ0n) is 24.1. The maximum atomic E-state index is 14.2. The van der Waals surface area contributed by atoms with E-state index in [1.54, 1.807) is 6.07 Å². The number of benzene rings is 1. The van der Waals surface area contributed by atoms with Crippen molar-refractivity contribution in [2.24, 2.45) is 0 Å². The minimum atomic E-state index is -4.07. The summed E-state index contributed by atoms with van der Waals surface area (Å²) in [4.78, 5) is 28.9. The summed E-state index contributed by atoms with van der Waals surface area (Å²) in [5, 5.41) is 0. The summed E-state index contributed by atoms with van der Waals surface area (Å²) < 4.78 is 42.6. The second-order valence-corrected chi connectivity index (χ2v) is 19.2. The number of hydrogen-bond acceptors (Lipinski definition) is 8. The third-order valence-corrected chi connectivity index (χ3v) is 17.0. The average Bonchev–Trinajstić information content (AvgIpc) is 3.65. The number of imidazole rings is 1. The Morgan fingerprint density at radius 2 is 1.70 bits per heavy atom. The molecule has 0 bridgehead atoms. The number of oxazole rings is 2. The molecule has 3 aromatic heterocycles. The third kappa shape index (κ3) is 4.05. The molecule has 5 rings (SSSR count). The number of aromatic nitrogens is 4. The van der Waals surface area contributed by atoms with Gasteiger partial charge in [-0.2, -0.15) is 12.7 Å². The average molecular weight is 585 g/mol. The van der Waals surface area contributed by atoms with E-state index in [0.717, 1.165) is 0 Å². The van der Waals surface area contributed by atoms with Crippen molar-refractivity contribution in [2.75, 3.05) is 14.1 Å². The van der Waals surface area contributed by atoms with Crippen LogP contribution in [0.1, 0.15) is 75.4 Å². The molecule has 4 heterocycles. The molecule has 0 aliphatic carbocycles. The molecule has 1 aliphatic heterocycles. The molecule has 0 saturated carbocycles. The van der Waals surface area contributed by atoms with Crippen LogP contribution in [0.4, 0.5) is 0 Å². The van der Waals surface area contributed by atoms with Gasteiger partial charge in [0.05, 0.1) is 24.1 Å². The zero-order valence-corrected chi connectivity index (χ0v) is 25.9. The Morgan fingerprint density at radius 1 is 1.05 bits per heavy atom. The first-order valence-electron chi connectivity index (χ1n) is 13.4. The van der Waals surface area contributed by atoms with Crippen LogP contribution in [0.25, 0.3) is 11.1 Å². The number of para-hydroxylation sites is 2. The highest BCUT2D eigenvalue weighted by Crippen LogP contribution is 2.45. The van der Waals surface area contributed by atoms with Crippen LogP contribution in [-0.2, 0) is 16.8 Å². The van der Waals surface area contributed by atoms with Gasteiger partial charge in [0.15, 0.2) is 18.0 Å². The Morgan fingerprint density at radius 3 is 2.25 bits per heavy atom. The lowest BCUT2D eigenvalue weighted by Gasteiger charge is -2.42. The number of nitrogens with zero attached hydrogens (tertiary/aromatic N) is 6. The molecule has 0 spiro atoms. The van der Waals surface area contributed by atoms with Crippen molar-refractivity contribution in [3.63, 3.8) is 0 Å². The summed E-state index contributed by atoms with van der Waals surface area (Å²) in [6, 6.07) is 6.33. The molecule has 0 N–H and O–H groups in total. The fourth-order valence-corrected chi connectivity index (χ4v) is 14.8. The van der Waals surface area contributed by atoms with Crippen molar-refractivity contribution in [1.29, 1.82) is 0 Å². The van der Waals surface area contributed by atoms with E-state index in [9.17, 15) is 13.2 Å². The second kappa shape index (κ2) is 9.96. The van der Waals surface area contributed by atoms with Gasteiger partial charge in [0, 0.05) is 14.1 Å².